The number of hydrogen-bond acceptors (Lipinski definition) is 2. The summed E-state index contributed by atoms with van der Waals surface area (Å²) < 4.78 is 36.9. The predicted molar refractivity (Wildman–Crippen MR) is 60.1 cm³/mol. The molecular formula is C11H13ClF3NO. The molecule has 2 nitrogen and oxygen atoms in total. The van der Waals surface area contributed by atoms with Crippen molar-refractivity contribution in [3.8, 4) is 0 Å². The van der Waals surface area contributed by atoms with Crippen LogP contribution in [-0.4, -0.2) is 17.8 Å². The van der Waals surface area contributed by atoms with Crippen LogP contribution < -0.4 is 5.32 Å². The Morgan fingerprint density at radius 3 is 2.18 bits per heavy atom. The van der Waals surface area contributed by atoms with Crippen molar-refractivity contribution in [2.45, 2.75) is 24.7 Å². The van der Waals surface area contributed by atoms with Gasteiger partial charge in [0.05, 0.1) is 11.7 Å². The van der Waals surface area contributed by atoms with E-state index in [0.29, 0.717) is 13.0 Å². The van der Waals surface area contributed by atoms with Gasteiger partial charge in [-0.15, -0.1) is 12.4 Å². The van der Waals surface area contributed by atoms with Gasteiger partial charge in [0.2, 0.25) is 0 Å². The lowest BCUT2D eigenvalue weighted by atomic mass is 10.0. The van der Waals surface area contributed by atoms with E-state index in [1.54, 1.807) is 0 Å². The van der Waals surface area contributed by atoms with E-state index in [1.165, 1.54) is 12.1 Å². The van der Waals surface area contributed by atoms with Crippen molar-refractivity contribution in [3.63, 3.8) is 0 Å². The zero-order valence-corrected chi connectivity index (χ0v) is 9.68. The number of rotatable bonds is 1. The van der Waals surface area contributed by atoms with Crippen molar-refractivity contribution in [2.24, 2.45) is 0 Å². The average molecular weight is 268 g/mol. The van der Waals surface area contributed by atoms with Gasteiger partial charge >= 0.3 is 6.18 Å². The molecule has 0 aliphatic carbocycles. The third-order valence-corrected chi connectivity index (χ3v) is 2.75. The van der Waals surface area contributed by atoms with Crippen molar-refractivity contribution in [1.82, 2.24) is 5.32 Å². The Kier molecular flexibility index (Phi) is 4.41. The molecule has 2 unspecified atom stereocenters. The monoisotopic (exact) mass is 267 g/mol. The van der Waals surface area contributed by atoms with Gasteiger partial charge in [0.1, 0.15) is 0 Å². The molecule has 96 valence electrons. The van der Waals surface area contributed by atoms with Gasteiger partial charge in [0.25, 0.3) is 0 Å². The first kappa shape index (κ1) is 14.3. The Morgan fingerprint density at radius 2 is 1.76 bits per heavy atom. The van der Waals surface area contributed by atoms with Crippen LogP contribution in [0.5, 0.6) is 0 Å². The van der Waals surface area contributed by atoms with Gasteiger partial charge in [-0.05, 0) is 24.1 Å². The Labute approximate surface area is 103 Å². The van der Waals surface area contributed by atoms with E-state index >= 15 is 0 Å². The summed E-state index contributed by atoms with van der Waals surface area (Å²) in [6.07, 6.45) is -4.15. The Balaban J connectivity index is 0.00000144. The third-order valence-electron chi connectivity index (χ3n) is 2.75. The number of hydrogen-bond donors (Lipinski definition) is 2. The molecule has 0 aromatic heterocycles. The number of halogens is 4. The van der Waals surface area contributed by atoms with E-state index in [9.17, 15) is 18.3 Å². The maximum absolute atomic E-state index is 12.3. The van der Waals surface area contributed by atoms with Gasteiger partial charge in [-0.1, -0.05) is 12.1 Å². The summed E-state index contributed by atoms with van der Waals surface area (Å²) in [7, 11) is 0. The second-order valence-electron chi connectivity index (χ2n) is 3.97. The summed E-state index contributed by atoms with van der Waals surface area (Å²) in [5.74, 6) is 0. The molecule has 1 fully saturated rings. The molecule has 2 rings (SSSR count). The van der Waals surface area contributed by atoms with Crippen LogP contribution in [0, 0.1) is 0 Å². The van der Waals surface area contributed by atoms with E-state index in [0.717, 1.165) is 17.7 Å². The molecule has 1 aromatic carbocycles. The molecule has 2 N–H and O–H groups in total. The van der Waals surface area contributed by atoms with Crippen molar-refractivity contribution < 1.29 is 18.3 Å². The Bertz CT molecular complexity index is 366. The number of alkyl halides is 3. The molecule has 1 aliphatic rings. The summed E-state index contributed by atoms with van der Waals surface area (Å²) in [5, 5.41) is 12.4. The van der Waals surface area contributed by atoms with Crippen molar-refractivity contribution >= 4 is 12.4 Å². The minimum Gasteiger partial charge on any atom is -0.392 e. The molecule has 1 aliphatic heterocycles. The lowest BCUT2D eigenvalue weighted by Gasteiger charge is -2.12. The minimum absolute atomic E-state index is 0. The number of β-amino-alcohol motifs (C(OH)–C–C–N with tert-alkyl or cyclic N) is 1. The number of aliphatic hydroxyl groups is 1. The quantitative estimate of drug-likeness (QED) is 0.820. The largest absolute Gasteiger partial charge is 0.416 e. The summed E-state index contributed by atoms with van der Waals surface area (Å²) in [4.78, 5) is 0. The highest BCUT2D eigenvalue weighted by atomic mass is 35.5. The molecule has 1 aromatic rings. The van der Waals surface area contributed by atoms with Gasteiger partial charge in [0, 0.05) is 12.6 Å². The van der Waals surface area contributed by atoms with Crippen molar-refractivity contribution in [1.29, 1.82) is 0 Å². The van der Waals surface area contributed by atoms with Gasteiger partial charge in [0.15, 0.2) is 0 Å². The van der Waals surface area contributed by atoms with Crippen LogP contribution >= 0.6 is 12.4 Å². The van der Waals surface area contributed by atoms with Gasteiger partial charge in [-0.3, -0.25) is 0 Å². The van der Waals surface area contributed by atoms with Crippen LogP contribution in [-0.2, 0) is 6.18 Å². The highest BCUT2D eigenvalue weighted by Crippen LogP contribution is 2.31. The van der Waals surface area contributed by atoms with Crippen LogP contribution in [0.3, 0.4) is 0 Å². The van der Waals surface area contributed by atoms with Gasteiger partial charge in [-0.2, -0.15) is 13.2 Å². The van der Waals surface area contributed by atoms with Crippen LogP contribution in [0.2, 0.25) is 0 Å². The first-order valence-electron chi connectivity index (χ1n) is 5.05. The molecule has 0 bridgehead atoms. The predicted octanol–water partition coefficient (Wildman–Crippen LogP) is 2.52. The summed E-state index contributed by atoms with van der Waals surface area (Å²) >= 11 is 0. The molecule has 1 heterocycles. The van der Waals surface area contributed by atoms with E-state index in [4.69, 9.17) is 0 Å². The molecule has 1 saturated heterocycles. The first-order valence-corrected chi connectivity index (χ1v) is 5.05. The first-order chi connectivity index (χ1) is 7.47. The third kappa shape index (κ3) is 3.34. The fourth-order valence-electron chi connectivity index (χ4n) is 1.88. The van der Waals surface area contributed by atoms with Crippen LogP contribution in [0.25, 0.3) is 0 Å². The van der Waals surface area contributed by atoms with Gasteiger partial charge < -0.3 is 10.4 Å². The molecule has 0 radical (unpaired) electrons. The SMILES string of the molecule is Cl.OC1CNC(c2ccc(C(F)(F)F)cc2)C1. The highest BCUT2D eigenvalue weighted by molar-refractivity contribution is 5.85. The molecule has 17 heavy (non-hydrogen) atoms. The van der Waals surface area contributed by atoms with Crippen LogP contribution in [0.4, 0.5) is 13.2 Å². The maximum atomic E-state index is 12.3. The summed E-state index contributed by atoms with van der Waals surface area (Å²) in [6.45, 7) is 0.492. The highest BCUT2D eigenvalue weighted by Gasteiger charge is 2.30. The van der Waals surface area contributed by atoms with Gasteiger partial charge in [-0.25, -0.2) is 0 Å². The van der Waals surface area contributed by atoms with Crippen molar-refractivity contribution in [3.05, 3.63) is 35.4 Å². The minimum atomic E-state index is -4.29. The normalized spacial score (nSPS) is 24.5. The summed E-state index contributed by atoms with van der Waals surface area (Å²) in [6, 6.07) is 5.01. The molecular weight excluding hydrogens is 255 g/mol. The lowest BCUT2D eigenvalue weighted by molar-refractivity contribution is -0.137. The van der Waals surface area contributed by atoms with Crippen LogP contribution in [0.15, 0.2) is 24.3 Å². The number of benzene rings is 1. The number of aliphatic hydroxyl groups excluding tert-OH is 1. The fourth-order valence-corrected chi connectivity index (χ4v) is 1.88. The lowest BCUT2D eigenvalue weighted by Crippen LogP contribution is -2.15. The molecule has 0 amide bonds. The smallest absolute Gasteiger partial charge is 0.392 e. The number of nitrogens with one attached hydrogen (secondary N) is 1. The zero-order valence-electron chi connectivity index (χ0n) is 8.87. The topological polar surface area (TPSA) is 32.3 Å². The Morgan fingerprint density at radius 1 is 1.18 bits per heavy atom. The second-order valence-corrected chi connectivity index (χ2v) is 3.97. The van der Waals surface area contributed by atoms with E-state index in [2.05, 4.69) is 5.32 Å². The van der Waals surface area contributed by atoms with E-state index < -0.39 is 17.8 Å². The zero-order chi connectivity index (χ0) is 11.8. The molecule has 0 spiro atoms. The second kappa shape index (κ2) is 5.25. The average Bonchev–Trinajstić information content (AvgIpc) is 2.64. The van der Waals surface area contributed by atoms with Crippen LogP contribution in [0.1, 0.15) is 23.6 Å². The molecule has 6 heteroatoms. The standard InChI is InChI=1S/C11H12F3NO.ClH/c12-11(13,14)8-3-1-7(2-4-8)10-5-9(16)6-15-10;/h1-4,9-10,15-16H,5-6H2;1H. The molecule has 0 saturated carbocycles. The van der Waals surface area contributed by atoms with E-state index in [-0.39, 0.29) is 18.4 Å². The summed E-state index contributed by atoms with van der Waals surface area (Å²) in [5.41, 5.74) is 0.138. The molecule has 2 atom stereocenters. The fraction of sp³-hybridized carbons (Fsp3) is 0.455. The Hall–Kier alpha value is -0.780. The van der Waals surface area contributed by atoms with Crippen molar-refractivity contribution in [2.75, 3.05) is 6.54 Å². The van der Waals surface area contributed by atoms with E-state index in [1.807, 2.05) is 0 Å². The maximum Gasteiger partial charge on any atom is 0.416 e.